The molecule has 1 saturated heterocycles. The minimum Gasteiger partial charge on any atom is -0.373 e. The molecule has 2 heterocycles. The summed E-state index contributed by atoms with van der Waals surface area (Å²) < 4.78 is 34.2. The van der Waals surface area contributed by atoms with Crippen LogP contribution in [-0.4, -0.2) is 23.5 Å². The number of nitrogens with zero attached hydrogens (tertiary/aromatic N) is 1. The van der Waals surface area contributed by atoms with Crippen LogP contribution in [0.2, 0.25) is 0 Å². The van der Waals surface area contributed by atoms with E-state index in [0.717, 1.165) is 17.7 Å². The topological polar surface area (TPSA) is 51.2 Å². The maximum atomic E-state index is 14.3. The number of ether oxygens (including phenoxy) is 1. The quantitative estimate of drug-likeness (QED) is 0.935. The highest BCUT2D eigenvalue weighted by Crippen LogP contribution is 2.31. The molecule has 24 heavy (non-hydrogen) atoms. The van der Waals surface area contributed by atoms with Crippen LogP contribution in [-0.2, 0) is 15.5 Å². The monoisotopic (exact) mass is 332 g/mol. The molecule has 2 atom stereocenters. The van der Waals surface area contributed by atoms with Gasteiger partial charge in [0.2, 0.25) is 0 Å². The van der Waals surface area contributed by atoms with Gasteiger partial charge in [-0.05, 0) is 30.5 Å². The van der Waals surface area contributed by atoms with E-state index in [1.54, 1.807) is 0 Å². The fourth-order valence-electron chi connectivity index (χ4n) is 2.80. The number of amides is 1. The maximum Gasteiger partial charge on any atom is 0.349 e. The lowest BCUT2D eigenvalue weighted by Gasteiger charge is -2.31. The van der Waals surface area contributed by atoms with E-state index in [4.69, 9.17) is 4.74 Å². The van der Waals surface area contributed by atoms with Crippen LogP contribution in [0.1, 0.15) is 30.1 Å². The van der Waals surface area contributed by atoms with Gasteiger partial charge in [-0.1, -0.05) is 30.3 Å². The third-order valence-corrected chi connectivity index (χ3v) is 4.12. The van der Waals surface area contributed by atoms with Gasteiger partial charge < -0.3 is 10.1 Å². The highest BCUT2D eigenvalue weighted by Gasteiger charge is 2.42. The molecule has 0 bridgehead atoms. The zero-order valence-electron chi connectivity index (χ0n) is 13.0. The lowest BCUT2D eigenvalue weighted by atomic mass is 9.97. The largest absolute Gasteiger partial charge is 0.373 e. The number of pyridine rings is 1. The van der Waals surface area contributed by atoms with E-state index in [1.807, 2.05) is 30.3 Å². The lowest BCUT2D eigenvalue weighted by molar-refractivity contribution is -0.148. The summed E-state index contributed by atoms with van der Waals surface area (Å²) in [5.74, 6) is -4.86. The second-order valence-corrected chi connectivity index (χ2v) is 5.78. The second-order valence-electron chi connectivity index (χ2n) is 5.78. The fourth-order valence-corrected chi connectivity index (χ4v) is 2.80. The van der Waals surface area contributed by atoms with Crippen molar-refractivity contribution in [3.63, 3.8) is 0 Å². The minimum absolute atomic E-state index is 0.195. The summed E-state index contributed by atoms with van der Waals surface area (Å²) in [7, 11) is 0. The first-order valence-corrected chi connectivity index (χ1v) is 7.83. The SMILES string of the molecule is O=C(N[C@H]1CCO[C@H](c2ccccc2)C1)C(F)(F)c1ccncc1. The van der Waals surface area contributed by atoms with Crippen LogP contribution in [0, 0.1) is 0 Å². The fraction of sp³-hybridized carbons (Fsp3) is 0.333. The summed E-state index contributed by atoms with van der Waals surface area (Å²) >= 11 is 0. The second kappa shape index (κ2) is 7.05. The number of hydrogen-bond donors (Lipinski definition) is 1. The van der Waals surface area contributed by atoms with E-state index in [1.165, 1.54) is 12.4 Å². The number of nitrogens with one attached hydrogen (secondary N) is 1. The number of hydrogen-bond acceptors (Lipinski definition) is 3. The molecule has 1 fully saturated rings. The van der Waals surface area contributed by atoms with Crippen LogP contribution in [0.5, 0.6) is 0 Å². The average Bonchev–Trinajstić information content (AvgIpc) is 2.63. The van der Waals surface area contributed by atoms with Crippen LogP contribution in [0.25, 0.3) is 0 Å². The van der Waals surface area contributed by atoms with Crippen LogP contribution < -0.4 is 5.32 Å². The van der Waals surface area contributed by atoms with Gasteiger partial charge in [0.25, 0.3) is 5.91 Å². The highest BCUT2D eigenvalue weighted by atomic mass is 19.3. The van der Waals surface area contributed by atoms with E-state index in [2.05, 4.69) is 10.3 Å². The molecule has 0 saturated carbocycles. The van der Waals surface area contributed by atoms with E-state index in [0.29, 0.717) is 19.4 Å². The van der Waals surface area contributed by atoms with Crippen molar-refractivity contribution in [3.8, 4) is 0 Å². The van der Waals surface area contributed by atoms with Gasteiger partial charge in [-0.3, -0.25) is 9.78 Å². The highest BCUT2D eigenvalue weighted by molar-refractivity contribution is 5.84. The van der Waals surface area contributed by atoms with Crippen molar-refractivity contribution < 1.29 is 18.3 Å². The van der Waals surface area contributed by atoms with Gasteiger partial charge >= 0.3 is 5.92 Å². The molecule has 1 amide bonds. The van der Waals surface area contributed by atoms with Crippen LogP contribution in [0.4, 0.5) is 8.78 Å². The molecule has 0 spiro atoms. The van der Waals surface area contributed by atoms with Gasteiger partial charge in [0.1, 0.15) is 0 Å². The summed E-state index contributed by atoms with van der Waals surface area (Å²) in [4.78, 5) is 15.8. The van der Waals surface area contributed by atoms with Gasteiger partial charge in [-0.2, -0.15) is 8.78 Å². The summed E-state index contributed by atoms with van der Waals surface area (Å²) in [6.45, 7) is 0.422. The normalized spacial score (nSPS) is 21.2. The first kappa shape index (κ1) is 16.5. The van der Waals surface area contributed by atoms with Crippen molar-refractivity contribution >= 4 is 5.91 Å². The smallest absolute Gasteiger partial charge is 0.349 e. The molecule has 126 valence electrons. The molecule has 3 rings (SSSR count). The maximum absolute atomic E-state index is 14.3. The summed E-state index contributed by atoms with van der Waals surface area (Å²) in [6, 6.07) is 11.5. The molecular formula is C18H18F2N2O2. The Morgan fingerprint density at radius 1 is 1.17 bits per heavy atom. The molecule has 0 radical (unpaired) electrons. The average molecular weight is 332 g/mol. The molecule has 1 aliphatic heterocycles. The van der Waals surface area contributed by atoms with Gasteiger partial charge in [-0.25, -0.2) is 0 Å². The molecule has 1 N–H and O–H groups in total. The lowest BCUT2D eigenvalue weighted by Crippen LogP contribution is -2.46. The van der Waals surface area contributed by atoms with Crippen LogP contribution in [0.3, 0.4) is 0 Å². The number of carbonyl (C=O) groups excluding carboxylic acids is 1. The van der Waals surface area contributed by atoms with Crippen molar-refractivity contribution in [2.45, 2.75) is 30.9 Å². The predicted octanol–water partition coefficient (Wildman–Crippen LogP) is 3.21. The number of aromatic nitrogens is 1. The zero-order valence-corrected chi connectivity index (χ0v) is 13.0. The molecule has 1 aliphatic rings. The first-order valence-electron chi connectivity index (χ1n) is 7.83. The van der Waals surface area contributed by atoms with E-state index in [9.17, 15) is 13.6 Å². The Balaban J connectivity index is 1.66. The minimum atomic E-state index is -3.58. The van der Waals surface area contributed by atoms with Gasteiger partial charge in [-0.15, -0.1) is 0 Å². The Labute approximate surface area is 138 Å². The van der Waals surface area contributed by atoms with Crippen LogP contribution in [0.15, 0.2) is 54.9 Å². The molecule has 0 unspecified atom stereocenters. The Morgan fingerprint density at radius 2 is 1.88 bits per heavy atom. The van der Waals surface area contributed by atoms with E-state index >= 15 is 0 Å². The third-order valence-electron chi connectivity index (χ3n) is 4.12. The van der Waals surface area contributed by atoms with Gasteiger partial charge in [0.05, 0.1) is 6.10 Å². The number of halogens is 2. The number of benzene rings is 1. The predicted molar refractivity (Wildman–Crippen MR) is 84.4 cm³/mol. The molecule has 1 aromatic heterocycles. The Hall–Kier alpha value is -2.34. The Bertz CT molecular complexity index is 680. The van der Waals surface area contributed by atoms with E-state index in [-0.39, 0.29) is 17.7 Å². The molecule has 0 aliphatic carbocycles. The number of rotatable bonds is 4. The molecule has 1 aromatic carbocycles. The van der Waals surface area contributed by atoms with Crippen molar-refractivity contribution in [2.24, 2.45) is 0 Å². The number of carbonyl (C=O) groups is 1. The molecule has 2 aromatic rings. The Morgan fingerprint density at radius 3 is 2.58 bits per heavy atom. The molecule has 4 nitrogen and oxygen atoms in total. The van der Waals surface area contributed by atoms with Crippen molar-refractivity contribution in [2.75, 3.05) is 6.61 Å². The van der Waals surface area contributed by atoms with Gasteiger partial charge in [0.15, 0.2) is 0 Å². The van der Waals surface area contributed by atoms with Crippen molar-refractivity contribution in [1.29, 1.82) is 0 Å². The zero-order chi connectivity index (χ0) is 17.0. The standard InChI is InChI=1S/C18H18F2N2O2/c19-18(20,14-6-9-21-10-7-14)17(23)22-15-8-11-24-16(12-15)13-4-2-1-3-5-13/h1-7,9-10,15-16H,8,11-12H2,(H,22,23)/t15-,16-/m0/s1. The third kappa shape index (κ3) is 3.59. The summed E-state index contributed by atoms with van der Waals surface area (Å²) in [5, 5.41) is 2.47. The van der Waals surface area contributed by atoms with Crippen molar-refractivity contribution in [3.05, 3.63) is 66.0 Å². The van der Waals surface area contributed by atoms with Gasteiger partial charge in [0, 0.05) is 30.6 Å². The summed E-state index contributed by atoms with van der Waals surface area (Å²) in [5.41, 5.74) is 0.624. The molecular weight excluding hydrogens is 314 g/mol. The van der Waals surface area contributed by atoms with Crippen molar-refractivity contribution in [1.82, 2.24) is 10.3 Å². The number of alkyl halides is 2. The molecule has 6 heteroatoms. The van der Waals surface area contributed by atoms with Crippen LogP contribution >= 0.6 is 0 Å². The first-order chi connectivity index (χ1) is 11.6. The Kier molecular flexibility index (Phi) is 4.85. The van der Waals surface area contributed by atoms with E-state index < -0.39 is 11.8 Å². The summed E-state index contributed by atoms with van der Waals surface area (Å²) in [6.07, 6.45) is 3.29.